The van der Waals surface area contributed by atoms with E-state index in [4.69, 9.17) is 28.2 Å². The summed E-state index contributed by atoms with van der Waals surface area (Å²) < 4.78 is 0. The van der Waals surface area contributed by atoms with Crippen molar-refractivity contribution in [2.75, 3.05) is 0 Å². The van der Waals surface area contributed by atoms with Gasteiger partial charge in [-0.25, -0.2) is 9.97 Å². The number of halogens is 2. The molecule has 3 aromatic rings. The highest BCUT2D eigenvalue weighted by Crippen LogP contribution is 2.70. The number of hydrogen-bond acceptors (Lipinski definition) is 3. The number of nitrogens with zero attached hydrogens (tertiary/aromatic N) is 2. The second kappa shape index (κ2) is 5.83. The minimum Gasteiger partial charge on any atom is -0.341 e. The van der Waals surface area contributed by atoms with Gasteiger partial charge in [0, 0.05) is 27.0 Å². The van der Waals surface area contributed by atoms with E-state index in [2.05, 4.69) is 30.7 Å². The SMILES string of the molecule is Cc1nc(-c2nc(C3C(c4cc(Cl)cc(Cl)c4)C3(C)C)c(C)[nH]2)cs1. The number of nitrogens with one attached hydrogen (secondary N) is 1. The van der Waals surface area contributed by atoms with Crippen molar-refractivity contribution >= 4 is 34.5 Å². The molecule has 0 saturated heterocycles. The predicted molar refractivity (Wildman–Crippen MR) is 105 cm³/mol. The lowest BCUT2D eigenvalue weighted by molar-refractivity contribution is 0.597. The second-order valence-corrected chi connectivity index (χ2v) is 9.26. The Morgan fingerprint density at radius 1 is 1.04 bits per heavy atom. The van der Waals surface area contributed by atoms with Crippen LogP contribution in [0.5, 0.6) is 0 Å². The Hall–Kier alpha value is -1.36. The van der Waals surface area contributed by atoms with Gasteiger partial charge in [0.05, 0.1) is 10.7 Å². The average molecular weight is 392 g/mol. The predicted octanol–water partition coefficient (Wildman–Crippen LogP) is 6.36. The quantitative estimate of drug-likeness (QED) is 0.563. The van der Waals surface area contributed by atoms with Crippen LogP contribution < -0.4 is 0 Å². The Bertz CT molecular complexity index is 937. The van der Waals surface area contributed by atoms with Gasteiger partial charge in [-0.15, -0.1) is 11.3 Å². The average Bonchev–Trinajstić information content (AvgIpc) is 2.84. The van der Waals surface area contributed by atoms with Crippen LogP contribution in [0.2, 0.25) is 10.0 Å². The van der Waals surface area contributed by atoms with Gasteiger partial charge >= 0.3 is 0 Å². The van der Waals surface area contributed by atoms with Crippen molar-refractivity contribution in [2.45, 2.75) is 39.5 Å². The van der Waals surface area contributed by atoms with Gasteiger partial charge in [0.15, 0.2) is 5.82 Å². The summed E-state index contributed by atoms with van der Waals surface area (Å²) in [5.41, 5.74) is 4.43. The lowest BCUT2D eigenvalue weighted by Crippen LogP contribution is -1.92. The third-order valence-electron chi connectivity index (χ3n) is 5.15. The van der Waals surface area contributed by atoms with E-state index in [1.807, 2.05) is 24.4 Å². The highest BCUT2D eigenvalue weighted by molar-refractivity contribution is 7.09. The van der Waals surface area contributed by atoms with Gasteiger partial charge in [0.2, 0.25) is 0 Å². The van der Waals surface area contributed by atoms with E-state index in [1.54, 1.807) is 17.4 Å². The summed E-state index contributed by atoms with van der Waals surface area (Å²) in [5.74, 6) is 1.55. The largest absolute Gasteiger partial charge is 0.341 e. The number of H-pyrrole nitrogens is 1. The monoisotopic (exact) mass is 391 g/mol. The van der Waals surface area contributed by atoms with Crippen molar-refractivity contribution < 1.29 is 0 Å². The molecular formula is C19H19Cl2N3S. The van der Waals surface area contributed by atoms with Gasteiger partial charge in [-0.2, -0.15) is 0 Å². The minimum absolute atomic E-state index is 0.114. The lowest BCUT2D eigenvalue weighted by atomic mass is 10.0. The smallest absolute Gasteiger partial charge is 0.157 e. The van der Waals surface area contributed by atoms with E-state index in [-0.39, 0.29) is 5.41 Å². The number of benzene rings is 1. The van der Waals surface area contributed by atoms with E-state index in [1.165, 1.54) is 5.56 Å². The first kappa shape index (κ1) is 17.1. The number of hydrogen-bond donors (Lipinski definition) is 1. The Kier molecular flexibility index (Phi) is 3.98. The number of aromatic nitrogens is 3. The topological polar surface area (TPSA) is 41.6 Å². The number of aromatic amines is 1. The molecule has 1 N–H and O–H groups in total. The third kappa shape index (κ3) is 2.90. The first-order valence-corrected chi connectivity index (χ1v) is 9.86. The molecule has 0 bridgehead atoms. The molecule has 1 aromatic carbocycles. The number of thiazole rings is 1. The standard InChI is InChI=1S/C19H19Cl2N3S/c1-9-17(24-18(22-9)14-8-25-10(2)23-14)16-15(19(16,3)4)11-5-12(20)7-13(21)6-11/h5-8,15-16H,1-4H3,(H,22,24). The Morgan fingerprint density at radius 3 is 2.32 bits per heavy atom. The Balaban J connectivity index is 1.71. The first-order valence-electron chi connectivity index (χ1n) is 8.22. The lowest BCUT2D eigenvalue weighted by Gasteiger charge is -2.04. The molecule has 2 unspecified atom stereocenters. The molecule has 0 aliphatic heterocycles. The van der Waals surface area contributed by atoms with Gasteiger partial charge in [-0.1, -0.05) is 37.0 Å². The van der Waals surface area contributed by atoms with Crippen molar-refractivity contribution in [3.63, 3.8) is 0 Å². The van der Waals surface area contributed by atoms with Crippen LogP contribution in [0.4, 0.5) is 0 Å². The summed E-state index contributed by atoms with van der Waals surface area (Å²) in [4.78, 5) is 12.8. The molecule has 2 heterocycles. The molecule has 25 heavy (non-hydrogen) atoms. The summed E-state index contributed by atoms with van der Waals surface area (Å²) in [7, 11) is 0. The maximum Gasteiger partial charge on any atom is 0.157 e. The van der Waals surface area contributed by atoms with Crippen LogP contribution in [0.15, 0.2) is 23.6 Å². The van der Waals surface area contributed by atoms with Gasteiger partial charge in [0.1, 0.15) is 5.69 Å². The zero-order valence-corrected chi connectivity index (χ0v) is 16.9. The summed E-state index contributed by atoms with van der Waals surface area (Å²) in [6, 6.07) is 5.82. The van der Waals surface area contributed by atoms with E-state index in [9.17, 15) is 0 Å². The molecule has 2 atom stereocenters. The summed E-state index contributed by atoms with van der Waals surface area (Å²) >= 11 is 14.1. The van der Waals surface area contributed by atoms with Gasteiger partial charge in [-0.3, -0.25) is 0 Å². The summed E-state index contributed by atoms with van der Waals surface area (Å²) in [6.07, 6.45) is 0. The van der Waals surface area contributed by atoms with Crippen LogP contribution in [0.3, 0.4) is 0 Å². The summed E-state index contributed by atoms with van der Waals surface area (Å²) in [5, 5.41) is 4.45. The summed E-state index contributed by atoms with van der Waals surface area (Å²) in [6.45, 7) is 8.64. The van der Waals surface area contributed by atoms with Crippen molar-refractivity contribution in [3.8, 4) is 11.5 Å². The van der Waals surface area contributed by atoms with Crippen LogP contribution in [-0.4, -0.2) is 15.0 Å². The molecule has 0 amide bonds. The fourth-order valence-corrected chi connectivity index (χ4v) is 5.04. The van der Waals surface area contributed by atoms with Gasteiger partial charge in [0.25, 0.3) is 0 Å². The Labute approximate surface area is 161 Å². The molecule has 3 nitrogen and oxygen atoms in total. The molecular weight excluding hydrogens is 373 g/mol. The molecule has 1 aliphatic carbocycles. The number of aryl methyl sites for hydroxylation is 2. The fraction of sp³-hybridized carbons (Fsp3) is 0.368. The van der Waals surface area contributed by atoms with E-state index in [0.717, 1.165) is 27.9 Å². The van der Waals surface area contributed by atoms with Crippen molar-refractivity contribution in [1.29, 1.82) is 0 Å². The number of rotatable bonds is 3. The van der Waals surface area contributed by atoms with E-state index < -0.39 is 0 Å². The van der Waals surface area contributed by atoms with Crippen LogP contribution in [0, 0.1) is 19.3 Å². The zero-order valence-electron chi connectivity index (χ0n) is 14.5. The minimum atomic E-state index is 0.114. The molecule has 1 saturated carbocycles. The van der Waals surface area contributed by atoms with Crippen LogP contribution in [0.25, 0.3) is 11.5 Å². The fourth-order valence-electron chi connectivity index (χ4n) is 3.90. The van der Waals surface area contributed by atoms with Gasteiger partial charge < -0.3 is 4.98 Å². The molecule has 6 heteroatoms. The highest BCUT2D eigenvalue weighted by atomic mass is 35.5. The van der Waals surface area contributed by atoms with Gasteiger partial charge in [-0.05, 0) is 48.9 Å². The molecule has 130 valence electrons. The van der Waals surface area contributed by atoms with Crippen LogP contribution in [0.1, 0.15) is 47.6 Å². The van der Waals surface area contributed by atoms with E-state index >= 15 is 0 Å². The van der Waals surface area contributed by atoms with Crippen LogP contribution in [-0.2, 0) is 0 Å². The first-order chi connectivity index (χ1) is 11.8. The zero-order chi connectivity index (χ0) is 17.9. The molecule has 0 radical (unpaired) electrons. The molecule has 4 rings (SSSR count). The Morgan fingerprint density at radius 2 is 1.72 bits per heavy atom. The second-order valence-electron chi connectivity index (χ2n) is 7.33. The van der Waals surface area contributed by atoms with Crippen molar-refractivity contribution in [3.05, 3.63) is 55.6 Å². The molecule has 1 fully saturated rings. The van der Waals surface area contributed by atoms with Crippen LogP contribution >= 0.6 is 34.5 Å². The maximum absolute atomic E-state index is 6.21. The van der Waals surface area contributed by atoms with Crippen molar-refractivity contribution in [2.24, 2.45) is 5.41 Å². The van der Waals surface area contributed by atoms with Crippen molar-refractivity contribution in [1.82, 2.24) is 15.0 Å². The third-order valence-corrected chi connectivity index (χ3v) is 6.36. The number of imidazole rings is 1. The molecule has 0 spiro atoms. The molecule has 2 aromatic heterocycles. The molecule has 1 aliphatic rings. The maximum atomic E-state index is 6.21. The highest BCUT2D eigenvalue weighted by Gasteiger charge is 2.60. The van der Waals surface area contributed by atoms with E-state index in [0.29, 0.717) is 21.9 Å². The normalized spacial score (nSPS) is 21.5.